The Morgan fingerprint density at radius 1 is 1.43 bits per heavy atom. The first-order valence-electron chi connectivity index (χ1n) is 4.85. The minimum atomic E-state index is 0.0398. The van der Waals surface area contributed by atoms with Gasteiger partial charge >= 0.3 is 0 Å². The van der Waals surface area contributed by atoms with Gasteiger partial charge in [-0.1, -0.05) is 26.0 Å². The molecule has 0 aliphatic heterocycles. The van der Waals surface area contributed by atoms with Gasteiger partial charge in [0.15, 0.2) is 0 Å². The van der Waals surface area contributed by atoms with E-state index >= 15 is 0 Å². The molecule has 0 aromatic rings. The highest BCUT2D eigenvalue weighted by Gasteiger charge is 1.99. The van der Waals surface area contributed by atoms with E-state index in [4.69, 9.17) is 11.6 Å². The largest absolute Gasteiger partial charge is 0.355 e. The Morgan fingerprint density at radius 2 is 2.14 bits per heavy atom. The summed E-state index contributed by atoms with van der Waals surface area (Å²) >= 11 is 5.43. The number of amides is 1. The van der Waals surface area contributed by atoms with Gasteiger partial charge in [-0.3, -0.25) is 4.79 Å². The molecule has 0 bridgehead atoms. The quantitative estimate of drug-likeness (QED) is 0.382. The van der Waals surface area contributed by atoms with Crippen LogP contribution >= 0.6 is 11.6 Å². The van der Waals surface area contributed by atoms with Crippen LogP contribution in [0.3, 0.4) is 0 Å². The fourth-order valence-electron chi connectivity index (χ4n) is 0.796. The number of hydrogen-bond acceptors (Lipinski definition) is 2. The molecule has 1 amide bonds. The topological polar surface area (TPSA) is 41.1 Å². The van der Waals surface area contributed by atoms with Crippen molar-refractivity contribution in [2.75, 3.05) is 25.5 Å². The molecule has 0 fully saturated rings. The number of hydrogen-bond donors (Lipinski definition) is 2. The van der Waals surface area contributed by atoms with Crippen molar-refractivity contribution in [2.24, 2.45) is 5.92 Å². The number of carbonyl (C=O) groups is 1. The van der Waals surface area contributed by atoms with Gasteiger partial charge in [0.05, 0.1) is 6.54 Å². The van der Waals surface area contributed by atoms with E-state index < -0.39 is 0 Å². The van der Waals surface area contributed by atoms with Gasteiger partial charge in [0.1, 0.15) is 0 Å². The molecule has 82 valence electrons. The monoisotopic (exact) mass is 218 g/mol. The van der Waals surface area contributed by atoms with Gasteiger partial charge in [0.2, 0.25) is 5.91 Å². The molecule has 0 unspecified atom stereocenters. The van der Waals surface area contributed by atoms with Crippen LogP contribution in [-0.2, 0) is 4.79 Å². The van der Waals surface area contributed by atoms with E-state index in [1.165, 1.54) is 0 Å². The van der Waals surface area contributed by atoms with Crippen LogP contribution in [0.2, 0.25) is 0 Å². The number of nitrogens with one attached hydrogen (secondary N) is 2. The molecular weight excluding hydrogens is 200 g/mol. The van der Waals surface area contributed by atoms with Crippen molar-refractivity contribution in [3.63, 3.8) is 0 Å². The van der Waals surface area contributed by atoms with Crippen LogP contribution in [0.4, 0.5) is 0 Å². The van der Waals surface area contributed by atoms with Gasteiger partial charge in [0.25, 0.3) is 0 Å². The maximum Gasteiger partial charge on any atom is 0.233 e. The SMILES string of the molecule is CC(C)CNC(=O)CNC/C=C/CCl. The third kappa shape index (κ3) is 9.55. The number of halogens is 1. The van der Waals surface area contributed by atoms with E-state index in [1.54, 1.807) is 0 Å². The summed E-state index contributed by atoms with van der Waals surface area (Å²) in [6.07, 6.45) is 3.75. The Kier molecular flexibility index (Phi) is 8.68. The number of allylic oxidation sites excluding steroid dienone is 1. The first-order valence-corrected chi connectivity index (χ1v) is 5.38. The van der Waals surface area contributed by atoms with E-state index in [0.29, 0.717) is 24.9 Å². The summed E-state index contributed by atoms with van der Waals surface area (Å²) in [6.45, 7) is 5.91. The van der Waals surface area contributed by atoms with Gasteiger partial charge in [-0.15, -0.1) is 11.6 Å². The van der Waals surface area contributed by atoms with Crippen LogP contribution in [-0.4, -0.2) is 31.4 Å². The molecular formula is C10H19ClN2O. The second-order valence-electron chi connectivity index (χ2n) is 3.45. The summed E-state index contributed by atoms with van der Waals surface area (Å²) in [5, 5.41) is 5.81. The van der Waals surface area contributed by atoms with Crippen LogP contribution in [0, 0.1) is 5.92 Å². The molecule has 0 aromatic carbocycles. The molecule has 0 radical (unpaired) electrons. The van der Waals surface area contributed by atoms with E-state index in [0.717, 1.165) is 6.54 Å². The van der Waals surface area contributed by atoms with Crippen LogP contribution in [0.1, 0.15) is 13.8 Å². The van der Waals surface area contributed by atoms with Gasteiger partial charge in [0, 0.05) is 19.0 Å². The minimum Gasteiger partial charge on any atom is -0.355 e. The van der Waals surface area contributed by atoms with Crippen molar-refractivity contribution < 1.29 is 4.79 Å². The highest BCUT2D eigenvalue weighted by atomic mass is 35.5. The van der Waals surface area contributed by atoms with Crippen molar-refractivity contribution in [1.82, 2.24) is 10.6 Å². The molecule has 2 N–H and O–H groups in total. The Balaban J connectivity index is 3.31. The third-order valence-electron chi connectivity index (χ3n) is 1.51. The average molecular weight is 219 g/mol. The second-order valence-corrected chi connectivity index (χ2v) is 3.76. The molecule has 0 atom stereocenters. The van der Waals surface area contributed by atoms with E-state index in [1.807, 2.05) is 12.2 Å². The zero-order valence-corrected chi connectivity index (χ0v) is 9.60. The molecule has 14 heavy (non-hydrogen) atoms. The first kappa shape index (κ1) is 13.5. The summed E-state index contributed by atoms with van der Waals surface area (Å²) in [6, 6.07) is 0. The molecule has 4 heteroatoms. The Labute approximate surface area is 90.9 Å². The van der Waals surface area contributed by atoms with Gasteiger partial charge in [-0.05, 0) is 5.92 Å². The molecule has 0 saturated heterocycles. The number of rotatable bonds is 7. The molecule has 0 aliphatic carbocycles. The standard InChI is InChI=1S/C10H19ClN2O/c1-9(2)7-13-10(14)8-12-6-4-3-5-11/h3-4,9,12H,5-8H2,1-2H3,(H,13,14)/b4-3+. The Hall–Kier alpha value is -0.540. The van der Waals surface area contributed by atoms with Gasteiger partial charge in [-0.25, -0.2) is 0 Å². The highest BCUT2D eigenvalue weighted by molar-refractivity contribution is 6.18. The fraction of sp³-hybridized carbons (Fsp3) is 0.700. The van der Waals surface area contributed by atoms with Crippen molar-refractivity contribution in [3.8, 4) is 0 Å². The van der Waals surface area contributed by atoms with E-state index in [9.17, 15) is 4.79 Å². The van der Waals surface area contributed by atoms with Gasteiger partial charge in [-0.2, -0.15) is 0 Å². The van der Waals surface area contributed by atoms with Crippen LogP contribution in [0.15, 0.2) is 12.2 Å². The minimum absolute atomic E-state index is 0.0398. The zero-order valence-electron chi connectivity index (χ0n) is 8.85. The lowest BCUT2D eigenvalue weighted by molar-refractivity contribution is -0.120. The number of carbonyl (C=O) groups excluding carboxylic acids is 1. The summed E-state index contributed by atoms with van der Waals surface area (Å²) < 4.78 is 0. The Morgan fingerprint density at radius 3 is 2.71 bits per heavy atom. The van der Waals surface area contributed by atoms with Crippen molar-refractivity contribution >= 4 is 17.5 Å². The van der Waals surface area contributed by atoms with Crippen molar-refractivity contribution in [1.29, 1.82) is 0 Å². The molecule has 0 aromatic heterocycles. The van der Waals surface area contributed by atoms with Crippen molar-refractivity contribution in [3.05, 3.63) is 12.2 Å². The smallest absolute Gasteiger partial charge is 0.233 e. The predicted octanol–water partition coefficient (Wildman–Crippen LogP) is 1.14. The average Bonchev–Trinajstić information content (AvgIpc) is 2.14. The summed E-state index contributed by atoms with van der Waals surface area (Å²) in [7, 11) is 0. The summed E-state index contributed by atoms with van der Waals surface area (Å²) in [4.78, 5) is 11.2. The highest BCUT2D eigenvalue weighted by Crippen LogP contribution is 1.86. The Bertz CT molecular complexity index is 181. The molecule has 0 rings (SSSR count). The lowest BCUT2D eigenvalue weighted by Crippen LogP contribution is -2.35. The normalized spacial score (nSPS) is 11.1. The van der Waals surface area contributed by atoms with E-state index in [-0.39, 0.29) is 5.91 Å². The predicted molar refractivity (Wildman–Crippen MR) is 60.6 cm³/mol. The summed E-state index contributed by atoms with van der Waals surface area (Å²) in [5.74, 6) is 1.05. The van der Waals surface area contributed by atoms with Crippen LogP contribution in [0.25, 0.3) is 0 Å². The third-order valence-corrected chi connectivity index (χ3v) is 1.69. The molecule has 0 heterocycles. The molecule has 0 spiro atoms. The summed E-state index contributed by atoms with van der Waals surface area (Å²) in [5.41, 5.74) is 0. The van der Waals surface area contributed by atoms with E-state index in [2.05, 4.69) is 24.5 Å². The van der Waals surface area contributed by atoms with Crippen molar-refractivity contribution in [2.45, 2.75) is 13.8 Å². The fourth-order valence-corrected chi connectivity index (χ4v) is 0.922. The maximum atomic E-state index is 11.2. The first-order chi connectivity index (χ1) is 6.66. The number of alkyl halides is 1. The second kappa shape index (κ2) is 9.03. The molecule has 3 nitrogen and oxygen atoms in total. The lowest BCUT2D eigenvalue weighted by atomic mass is 10.2. The molecule has 0 aliphatic rings. The zero-order chi connectivity index (χ0) is 10.8. The van der Waals surface area contributed by atoms with Crippen LogP contribution < -0.4 is 10.6 Å². The van der Waals surface area contributed by atoms with Gasteiger partial charge < -0.3 is 10.6 Å². The van der Waals surface area contributed by atoms with Crippen LogP contribution in [0.5, 0.6) is 0 Å². The molecule has 0 saturated carbocycles. The lowest BCUT2D eigenvalue weighted by Gasteiger charge is -2.07. The maximum absolute atomic E-state index is 11.2.